The van der Waals surface area contributed by atoms with Gasteiger partial charge in [-0.15, -0.1) is 0 Å². The summed E-state index contributed by atoms with van der Waals surface area (Å²) in [6.45, 7) is 2.77. The van der Waals surface area contributed by atoms with Crippen molar-refractivity contribution in [2.24, 2.45) is 0 Å². The molecule has 2 amide bonds. The molecular formula is C13H18N2O5S. The number of urea groups is 1. The second-order valence-corrected chi connectivity index (χ2v) is 6.55. The first-order valence-electron chi connectivity index (χ1n) is 6.25. The van der Waals surface area contributed by atoms with Gasteiger partial charge in [0.25, 0.3) is 0 Å². The number of amides is 2. The maximum atomic E-state index is 11.8. The average Bonchev–Trinajstić information content (AvgIpc) is 2.45. The van der Waals surface area contributed by atoms with Gasteiger partial charge in [-0.25, -0.2) is 13.2 Å². The number of Topliss-reactive ketones (excluding diaryl/α,β-unsaturated/α-hetero) is 1. The highest BCUT2D eigenvalue weighted by Crippen LogP contribution is 2.27. The van der Waals surface area contributed by atoms with Gasteiger partial charge in [0.15, 0.2) is 9.84 Å². The third kappa shape index (κ3) is 4.75. The van der Waals surface area contributed by atoms with E-state index in [1.54, 1.807) is 0 Å². The van der Waals surface area contributed by atoms with E-state index in [9.17, 15) is 18.0 Å². The molecule has 1 aromatic carbocycles. The van der Waals surface area contributed by atoms with E-state index in [1.165, 1.54) is 39.2 Å². The number of methoxy groups -OCH3 is 1. The molecule has 0 bridgehead atoms. The molecular weight excluding hydrogens is 296 g/mol. The van der Waals surface area contributed by atoms with Crippen LogP contribution in [0.4, 0.5) is 10.5 Å². The maximum absolute atomic E-state index is 11.8. The number of sulfone groups is 1. The van der Waals surface area contributed by atoms with E-state index in [2.05, 4.69) is 10.6 Å². The van der Waals surface area contributed by atoms with Crippen molar-refractivity contribution in [2.45, 2.75) is 18.7 Å². The van der Waals surface area contributed by atoms with Crippen LogP contribution in [0.2, 0.25) is 0 Å². The summed E-state index contributed by atoms with van der Waals surface area (Å²) in [5.74, 6) is 0.0809. The standard InChI is InChI=1S/C13H18N2O5S/c1-4-21(18,19)10-5-6-12(20-3)11(7-10)15-13(17)14-8-9(2)16/h5-7H,4,8H2,1-3H3,(H2,14,15,17). The van der Waals surface area contributed by atoms with Gasteiger partial charge >= 0.3 is 6.03 Å². The molecule has 2 N–H and O–H groups in total. The molecule has 0 saturated heterocycles. The summed E-state index contributed by atoms with van der Waals surface area (Å²) in [4.78, 5) is 22.5. The molecule has 0 radical (unpaired) electrons. The molecule has 1 aromatic rings. The topological polar surface area (TPSA) is 102 Å². The SMILES string of the molecule is CCS(=O)(=O)c1ccc(OC)c(NC(=O)NCC(C)=O)c1. The number of rotatable bonds is 6. The van der Waals surface area contributed by atoms with Gasteiger partial charge in [-0.1, -0.05) is 6.92 Å². The Morgan fingerprint density at radius 2 is 1.95 bits per heavy atom. The van der Waals surface area contributed by atoms with Crippen LogP contribution in [0, 0.1) is 0 Å². The van der Waals surface area contributed by atoms with E-state index in [0.29, 0.717) is 5.75 Å². The Morgan fingerprint density at radius 1 is 1.29 bits per heavy atom. The fourth-order valence-electron chi connectivity index (χ4n) is 1.52. The van der Waals surface area contributed by atoms with E-state index < -0.39 is 15.9 Å². The van der Waals surface area contributed by atoms with Crippen LogP contribution < -0.4 is 15.4 Å². The lowest BCUT2D eigenvalue weighted by Gasteiger charge is -2.12. The van der Waals surface area contributed by atoms with Crippen molar-refractivity contribution in [3.8, 4) is 5.75 Å². The zero-order valence-electron chi connectivity index (χ0n) is 12.1. The molecule has 0 heterocycles. The lowest BCUT2D eigenvalue weighted by atomic mass is 10.3. The van der Waals surface area contributed by atoms with Crippen LogP contribution in [0.1, 0.15) is 13.8 Å². The molecule has 0 aliphatic heterocycles. The second kappa shape index (κ2) is 7.07. The van der Waals surface area contributed by atoms with Crippen LogP contribution in [0.25, 0.3) is 0 Å². The van der Waals surface area contributed by atoms with Gasteiger partial charge < -0.3 is 15.4 Å². The number of ketones is 1. The van der Waals surface area contributed by atoms with Gasteiger partial charge in [-0.3, -0.25) is 4.79 Å². The van der Waals surface area contributed by atoms with E-state index in [-0.39, 0.29) is 28.7 Å². The maximum Gasteiger partial charge on any atom is 0.319 e. The summed E-state index contributed by atoms with van der Waals surface area (Å²) in [5, 5.41) is 4.81. The Hall–Kier alpha value is -2.09. The smallest absolute Gasteiger partial charge is 0.319 e. The van der Waals surface area contributed by atoms with Crippen LogP contribution >= 0.6 is 0 Å². The number of nitrogens with one attached hydrogen (secondary N) is 2. The van der Waals surface area contributed by atoms with Gasteiger partial charge in [-0.2, -0.15) is 0 Å². The fraction of sp³-hybridized carbons (Fsp3) is 0.385. The van der Waals surface area contributed by atoms with E-state index in [4.69, 9.17) is 4.74 Å². The van der Waals surface area contributed by atoms with Crippen molar-refractivity contribution < 1.29 is 22.7 Å². The predicted molar refractivity (Wildman–Crippen MR) is 78.4 cm³/mol. The second-order valence-electron chi connectivity index (χ2n) is 4.28. The number of hydrogen-bond acceptors (Lipinski definition) is 5. The first-order chi connectivity index (χ1) is 9.80. The van der Waals surface area contributed by atoms with Crippen LogP contribution in [0.5, 0.6) is 5.75 Å². The van der Waals surface area contributed by atoms with Gasteiger partial charge in [-0.05, 0) is 25.1 Å². The van der Waals surface area contributed by atoms with Crippen LogP contribution in [-0.4, -0.2) is 39.6 Å². The number of benzene rings is 1. The summed E-state index contributed by atoms with van der Waals surface area (Å²) in [5.41, 5.74) is 0.216. The number of ether oxygens (including phenoxy) is 1. The van der Waals surface area contributed by atoms with Crippen molar-refractivity contribution in [2.75, 3.05) is 24.7 Å². The molecule has 0 aliphatic carbocycles. The highest BCUT2D eigenvalue weighted by molar-refractivity contribution is 7.91. The molecule has 0 spiro atoms. The molecule has 0 fully saturated rings. The van der Waals surface area contributed by atoms with Gasteiger partial charge in [0.1, 0.15) is 11.5 Å². The van der Waals surface area contributed by atoms with Gasteiger partial charge in [0.05, 0.1) is 30.0 Å². The zero-order chi connectivity index (χ0) is 16.0. The summed E-state index contributed by atoms with van der Waals surface area (Å²) >= 11 is 0. The molecule has 0 aliphatic rings. The highest BCUT2D eigenvalue weighted by Gasteiger charge is 2.15. The summed E-state index contributed by atoms with van der Waals surface area (Å²) in [6.07, 6.45) is 0. The van der Waals surface area contributed by atoms with Crippen molar-refractivity contribution in [3.63, 3.8) is 0 Å². The van der Waals surface area contributed by atoms with Crippen LogP contribution in [-0.2, 0) is 14.6 Å². The minimum absolute atomic E-state index is 0.0463. The molecule has 8 heteroatoms. The number of carbonyl (C=O) groups is 2. The molecule has 7 nitrogen and oxygen atoms in total. The Kier molecular flexibility index (Phi) is 5.71. The Labute approximate surface area is 123 Å². The lowest BCUT2D eigenvalue weighted by molar-refractivity contribution is -0.116. The lowest BCUT2D eigenvalue weighted by Crippen LogP contribution is -2.32. The summed E-state index contributed by atoms with van der Waals surface area (Å²) in [7, 11) is -1.98. The quantitative estimate of drug-likeness (QED) is 0.821. The highest BCUT2D eigenvalue weighted by atomic mass is 32.2. The van der Waals surface area contributed by atoms with Gasteiger partial charge in [0, 0.05) is 0 Å². The summed E-state index contributed by atoms with van der Waals surface area (Å²) < 4.78 is 28.7. The van der Waals surface area contributed by atoms with Crippen molar-refractivity contribution >= 4 is 27.3 Å². The van der Waals surface area contributed by atoms with Crippen LogP contribution in [0.3, 0.4) is 0 Å². The normalized spacial score (nSPS) is 10.8. The Morgan fingerprint density at radius 3 is 2.48 bits per heavy atom. The summed E-state index contributed by atoms with van der Waals surface area (Å²) in [6, 6.07) is 3.58. The van der Waals surface area contributed by atoms with Crippen molar-refractivity contribution in [1.29, 1.82) is 0 Å². The Bertz CT molecular complexity index is 640. The van der Waals surface area contributed by atoms with Gasteiger partial charge in [0.2, 0.25) is 0 Å². The minimum Gasteiger partial charge on any atom is -0.495 e. The first kappa shape index (κ1) is 17.0. The molecule has 0 atom stereocenters. The minimum atomic E-state index is -3.39. The Balaban J connectivity index is 3.01. The third-order valence-electron chi connectivity index (χ3n) is 2.66. The zero-order valence-corrected chi connectivity index (χ0v) is 12.9. The molecule has 0 aromatic heterocycles. The predicted octanol–water partition coefficient (Wildman–Crippen LogP) is 1.20. The largest absolute Gasteiger partial charge is 0.495 e. The molecule has 116 valence electrons. The molecule has 1 rings (SSSR count). The molecule has 0 unspecified atom stereocenters. The monoisotopic (exact) mass is 314 g/mol. The first-order valence-corrected chi connectivity index (χ1v) is 7.90. The number of hydrogen-bond donors (Lipinski definition) is 2. The average molecular weight is 314 g/mol. The fourth-order valence-corrected chi connectivity index (χ4v) is 2.42. The van der Waals surface area contributed by atoms with Crippen molar-refractivity contribution in [1.82, 2.24) is 5.32 Å². The van der Waals surface area contributed by atoms with Crippen LogP contribution in [0.15, 0.2) is 23.1 Å². The molecule has 21 heavy (non-hydrogen) atoms. The third-order valence-corrected chi connectivity index (χ3v) is 4.39. The van der Waals surface area contributed by atoms with Crippen molar-refractivity contribution in [3.05, 3.63) is 18.2 Å². The number of carbonyl (C=O) groups excluding carboxylic acids is 2. The van der Waals surface area contributed by atoms with E-state index in [0.717, 1.165) is 0 Å². The van der Waals surface area contributed by atoms with E-state index >= 15 is 0 Å². The number of anilines is 1. The molecule has 0 saturated carbocycles. The van der Waals surface area contributed by atoms with E-state index in [1.807, 2.05) is 0 Å².